The quantitative estimate of drug-likeness (QED) is 0.237. The van der Waals surface area contributed by atoms with Gasteiger partial charge >= 0.3 is 0 Å². The fourth-order valence-corrected chi connectivity index (χ4v) is 3.95. The Kier molecular flexibility index (Phi) is 7.14. The van der Waals surface area contributed by atoms with Crippen molar-refractivity contribution in [2.45, 2.75) is 26.9 Å². The van der Waals surface area contributed by atoms with Gasteiger partial charge in [0.05, 0.1) is 24.9 Å². The second-order valence-electron chi connectivity index (χ2n) is 8.39. The lowest BCUT2D eigenvalue weighted by molar-refractivity contribution is 0.0992. The molecule has 3 aromatic carbocycles. The number of ketones is 1. The minimum Gasteiger partial charge on any atom is -0.457 e. The van der Waals surface area contributed by atoms with Crippen LogP contribution in [0, 0.1) is 13.8 Å². The molecule has 4 aromatic rings. The monoisotopic (exact) mass is 490 g/mol. The van der Waals surface area contributed by atoms with E-state index in [1.54, 1.807) is 24.5 Å². The van der Waals surface area contributed by atoms with Crippen LogP contribution in [-0.2, 0) is 27.3 Å². The molecule has 180 valence electrons. The van der Waals surface area contributed by atoms with E-state index in [0.717, 1.165) is 28.8 Å². The molecule has 0 unspecified atom stereocenters. The maximum Gasteiger partial charge on any atom is 0.264 e. The van der Waals surface area contributed by atoms with Gasteiger partial charge < -0.3 is 9.30 Å². The average molecular weight is 491 g/mol. The molecule has 0 bridgehead atoms. The van der Waals surface area contributed by atoms with Crippen molar-refractivity contribution in [2.24, 2.45) is 0 Å². The molecular formula is C27H26N2O5S. The summed E-state index contributed by atoms with van der Waals surface area (Å²) in [5.74, 6) is 1.22. The van der Waals surface area contributed by atoms with Crippen LogP contribution in [0.5, 0.6) is 11.5 Å². The Balaban J connectivity index is 1.61. The van der Waals surface area contributed by atoms with Crippen molar-refractivity contribution in [3.63, 3.8) is 0 Å². The molecule has 35 heavy (non-hydrogen) atoms. The second kappa shape index (κ2) is 10.2. The standard InChI is InChI=1S/C27H26N2O5S/c1-19-9-10-23(15-27(19)34-25-7-5-4-6-8-25)26(30)14-21-11-22(17-33-35(3,31)32)13-24(12-21)29-16-20(2)28-18-29/h4-13,15-16,18H,14,17H2,1-3H3. The molecule has 8 heteroatoms. The van der Waals surface area contributed by atoms with Gasteiger partial charge in [-0.25, -0.2) is 4.98 Å². The van der Waals surface area contributed by atoms with Gasteiger partial charge in [0.15, 0.2) is 5.78 Å². The lowest BCUT2D eigenvalue weighted by Crippen LogP contribution is -2.07. The Hall–Kier alpha value is -3.75. The highest BCUT2D eigenvalue weighted by Gasteiger charge is 2.14. The van der Waals surface area contributed by atoms with E-state index in [1.807, 2.05) is 73.1 Å². The van der Waals surface area contributed by atoms with E-state index < -0.39 is 10.1 Å². The smallest absolute Gasteiger partial charge is 0.264 e. The predicted molar refractivity (Wildman–Crippen MR) is 134 cm³/mol. The number of para-hydroxylation sites is 1. The summed E-state index contributed by atoms with van der Waals surface area (Å²) in [5.41, 5.74) is 4.42. The molecule has 0 amide bonds. The summed E-state index contributed by atoms with van der Waals surface area (Å²) in [4.78, 5) is 17.5. The molecule has 1 heterocycles. The summed E-state index contributed by atoms with van der Waals surface area (Å²) in [5, 5.41) is 0. The van der Waals surface area contributed by atoms with Gasteiger partial charge in [0.1, 0.15) is 11.5 Å². The molecule has 7 nitrogen and oxygen atoms in total. The maximum absolute atomic E-state index is 13.2. The average Bonchev–Trinajstić information content (AvgIpc) is 3.25. The molecule has 0 atom stereocenters. The number of carbonyl (C=O) groups is 1. The first-order chi connectivity index (χ1) is 16.7. The van der Waals surface area contributed by atoms with Crippen LogP contribution in [0.25, 0.3) is 5.69 Å². The van der Waals surface area contributed by atoms with E-state index in [0.29, 0.717) is 22.6 Å². The SMILES string of the molecule is Cc1cn(-c2cc(COS(C)(=O)=O)cc(CC(=O)c3ccc(C)c(Oc4ccccc4)c3)c2)cn1. The first-order valence-corrected chi connectivity index (χ1v) is 12.8. The third kappa shape index (κ3) is 6.65. The van der Waals surface area contributed by atoms with Gasteiger partial charge in [0, 0.05) is 23.9 Å². The summed E-state index contributed by atoms with van der Waals surface area (Å²) in [6, 6.07) is 20.3. The number of rotatable bonds is 9. The van der Waals surface area contributed by atoms with Crippen LogP contribution in [-0.4, -0.2) is 30.0 Å². The highest BCUT2D eigenvalue weighted by molar-refractivity contribution is 7.85. The van der Waals surface area contributed by atoms with Crippen molar-refractivity contribution in [3.8, 4) is 17.2 Å². The molecule has 0 radical (unpaired) electrons. The maximum atomic E-state index is 13.2. The third-order valence-electron chi connectivity index (χ3n) is 5.33. The van der Waals surface area contributed by atoms with Crippen molar-refractivity contribution < 1.29 is 22.1 Å². The van der Waals surface area contributed by atoms with E-state index in [4.69, 9.17) is 8.92 Å². The number of hydrogen-bond acceptors (Lipinski definition) is 6. The largest absolute Gasteiger partial charge is 0.457 e. The number of aromatic nitrogens is 2. The number of carbonyl (C=O) groups excluding carboxylic acids is 1. The zero-order valence-electron chi connectivity index (χ0n) is 19.8. The Labute approximate surface area is 205 Å². The fraction of sp³-hybridized carbons (Fsp3) is 0.185. The minimum absolute atomic E-state index is 0.0862. The van der Waals surface area contributed by atoms with E-state index in [9.17, 15) is 13.2 Å². The Morgan fingerprint density at radius 3 is 2.40 bits per heavy atom. The van der Waals surface area contributed by atoms with Crippen LogP contribution in [0.3, 0.4) is 0 Å². The summed E-state index contributed by atoms with van der Waals surface area (Å²) in [6.07, 6.45) is 4.66. The van der Waals surface area contributed by atoms with Gasteiger partial charge in [-0.1, -0.05) is 36.4 Å². The fourth-order valence-electron chi connectivity index (χ4n) is 3.60. The van der Waals surface area contributed by atoms with Gasteiger partial charge in [-0.15, -0.1) is 0 Å². The van der Waals surface area contributed by atoms with Crippen LogP contribution in [0.15, 0.2) is 79.3 Å². The molecular weight excluding hydrogens is 464 g/mol. The summed E-state index contributed by atoms with van der Waals surface area (Å²) < 4.78 is 35.8. The Morgan fingerprint density at radius 1 is 0.971 bits per heavy atom. The molecule has 1 aromatic heterocycles. The van der Waals surface area contributed by atoms with Crippen LogP contribution >= 0.6 is 0 Å². The molecule has 0 aliphatic heterocycles. The van der Waals surface area contributed by atoms with Crippen molar-refractivity contribution in [1.82, 2.24) is 9.55 Å². The van der Waals surface area contributed by atoms with Crippen LogP contribution in [0.1, 0.15) is 32.7 Å². The molecule has 4 rings (SSSR count). The van der Waals surface area contributed by atoms with Gasteiger partial charge in [-0.3, -0.25) is 8.98 Å². The molecule has 0 spiro atoms. The third-order valence-corrected chi connectivity index (χ3v) is 5.88. The first kappa shape index (κ1) is 24.4. The van der Waals surface area contributed by atoms with Gasteiger partial charge in [0.2, 0.25) is 0 Å². The highest BCUT2D eigenvalue weighted by Crippen LogP contribution is 2.27. The normalized spacial score (nSPS) is 11.4. The topological polar surface area (TPSA) is 87.5 Å². The second-order valence-corrected chi connectivity index (χ2v) is 10.0. The van der Waals surface area contributed by atoms with Crippen molar-refractivity contribution in [2.75, 3.05) is 6.26 Å². The van der Waals surface area contributed by atoms with Crippen LogP contribution in [0.2, 0.25) is 0 Å². The number of Topliss-reactive ketones (excluding diaryl/α,β-unsaturated/α-hetero) is 1. The molecule has 0 saturated carbocycles. The molecule has 0 aliphatic rings. The van der Waals surface area contributed by atoms with E-state index in [1.165, 1.54) is 0 Å². The predicted octanol–water partition coefficient (Wildman–Crippen LogP) is 5.18. The van der Waals surface area contributed by atoms with Gasteiger partial charge in [-0.05, 0) is 60.9 Å². The van der Waals surface area contributed by atoms with Crippen molar-refractivity contribution in [1.29, 1.82) is 0 Å². The zero-order chi connectivity index (χ0) is 25.0. The van der Waals surface area contributed by atoms with E-state index in [-0.39, 0.29) is 18.8 Å². The summed E-state index contributed by atoms with van der Waals surface area (Å²) in [7, 11) is -3.61. The van der Waals surface area contributed by atoms with E-state index >= 15 is 0 Å². The lowest BCUT2D eigenvalue weighted by atomic mass is 9.99. The number of nitrogens with zero attached hydrogens (tertiary/aromatic N) is 2. The number of hydrogen-bond donors (Lipinski definition) is 0. The number of benzene rings is 3. The van der Waals surface area contributed by atoms with E-state index in [2.05, 4.69) is 4.98 Å². The van der Waals surface area contributed by atoms with Crippen molar-refractivity contribution >= 4 is 15.9 Å². The molecule has 0 saturated heterocycles. The molecule has 0 aliphatic carbocycles. The Morgan fingerprint density at radius 2 is 1.71 bits per heavy atom. The number of ether oxygens (including phenoxy) is 1. The summed E-state index contributed by atoms with van der Waals surface area (Å²) >= 11 is 0. The highest BCUT2D eigenvalue weighted by atomic mass is 32.2. The zero-order valence-corrected chi connectivity index (χ0v) is 20.6. The summed E-state index contributed by atoms with van der Waals surface area (Å²) in [6.45, 7) is 3.68. The van der Waals surface area contributed by atoms with Gasteiger partial charge in [-0.2, -0.15) is 8.42 Å². The van der Waals surface area contributed by atoms with Gasteiger partial charge in [0.25, 0.3) is 10.1 Å². The first-order valence-electron chi connectivity index (χ1n) is 11.0. The lowest BCUT2D eigenvalue weighted by Gasteiger charge is -2.12. The van der Waals surface area contributed by atoms with Crippen molar-refractivity contribution in [3.05, 3.63) is 107 Å². The Bertz CT molecular complexity index is 1460. The van der Waals surface area contributed by atoms with Crippen LogP contribution in [0.4, 0.5) is 0 Å². The molecule has 0 N–H and O–H groups in total. The number of aryl methyl sites for hydroxylation is 2. The minimum atomic E-state index is -3.61. The molecule has 0 fully saturated rings. The number of imidazole rings is 1. The van der Waals surface area contributed by atoms with Crippen LogP contribution < -0.4 is 4.74 Å².